The molecule has 5 aromatic carbocycles. The maximum atomic E-state index is 5.33. The van der Waals surface area contributed by atoms with Gasteiger partial charge in [-0.05, 0) is 52.3 Å². The van der Waals surface area contributed by atoms with E-state index in [4.69, 9.17) is 9.97 Å². The zero-order valence-electron chi connectivity index (χ0n) is 22.5. The Bertz CT molecular complexity index is 2080. The lowest BCUT2D eigenvalue weighted by Gasteiger charge is -2.21. The molecule has 0 fully saturated rings. The number of rotatable bonds is 3. The molecule has 2 aromatic heterocycles. The Kier molecular flexibility index (Phi) is 4.97. The first-order valence-electron chi connectivity index (χ1n) is 13.8. The van der Waals surface area contributed by atoms with E-state index in [0.29, 0.717) is 0 Å². The van der Waals surface area contributed by atoms with Gasteiger partial charge in [-0.15, -0.1) is 0 Å². The molecule has 7 aromatic rings. The minimum atomic E-state index is -1.98. The van der Waals surface area contributed by atoms with E-state index >= 15 is 0 Å². The van der Waals surface area contributed by atoms with Crippen molar-refractivity contribution in [2.24, 2.45) is 0 Å². The second-order valence-electron chi connectivity index (χ2n) is 11.1. The van der Waals surface area contributed by atoms with Gasteiger partial charge in [0.2, 0.25) is 0 Å². The van der Waals surface area contributed by atoms with Gasteiger partial charge in [0.1, 0.15) is 8.07 Å². The van der Waals surface area contributed by atoms with Crippen LogP contribution in [0.3, 0.4) is 0 Å². The summed E-state index contributed by atoms with van der Waals surface area (Å²) >= 11 is 0. The van der Waals surface area contributed by atoms with Crippen LogP contribution in [0.4, 0.5) is 0 Å². The summed E-state index contributed by atoms with van der Waals surface area (Å²) in [6.45, 7) is 4.86. The lowest BCUT2D eigenvalue weighted by atomic mass is 10.1. The van der Waals surface area contributed by atoms with Crippen LogP contribution >= 0.6 is 0 Å². The molecule has 0 amide bonds. The normalized spacial score (nSPS) is 13.4. The highest BCUT2D eigenvalue weighted by Crippen LogP contribution is 2.36. The average Bonchev–Trinajstić information content (AvgIpc) is 3.46. The molecule has 1 aliphatic heterocycles. The average molecular weight is 530 g/mol. The van der Waals surface area contributed by atoms with Crippen LogP contribution in [0.5, 0.6) is 0 Å². The summed E-state index contributed by atoms with van der Waals surface area (Å²) in [5.74, 6) is 0.776. The second-order valence-corrected chi connectivity index (χ2v) is 15.4. The molecule has 3 nitrogen and oxygen atoms in total. The quantitative estimate of drug-likeness (QED) is 0.220. The summed E-state index contributed by atoms with van der Waals surface area (Å²) in [7, 11) is -1.98. The summed E-state index contributed by atoms with van der Waals surface area (Å²) < 4.78 is 2.35. The Balaban J connectivity index is 1.41. The van der Waals surface area contributed by atoms with E-state index in [1.807, 2.05) is 0 Å². The largest absolute Gasteiger partial charge is 0.309 e. The molecule has 0 spiro atoms. The zero-order chi connectivity index (χ0) is 26.8. The van der Waals surface area contributed by atoms with E-state index in [1.54, 1.807) is 0 Å². The molecule has 40 heavy (non-hydrogen) atoms. The molecule has 4 heteroatoms. The summed E-state index contributed by atoms with van der Waals surface area (Å²) in [5.41, 5.74) is 9.15. The van der Waals surface area contributed by atoms with Gasteiger partial charge >= 0.3 is 0 Å². The van der Waals surface area contributed by atoms with E-state index in [0.717, 1.165) is 34.0 Å². The molecule has 190 valence electrons. The van der Waals surface area contributed by atoms with E-state index in [2.05, 4.69) is 145 Å². The minimum Gasteiger partial charge on any atom is -0.309 e. The highest BCUT2D eigenvalue weighted by atomic mass is 28.3. The molecule has 0 unspecified atom stereocenters. The van der Waals surface area contributed by atoms with Crippen LogP contribution in [-0.4, -0.2) is 22.6 Å². The smallest absolute Gasteiger partial charge is 0.160 e. The van der Waals surface area contributed by atoms with Gasteiger partial charge in [0.05, 0.1) is 22.4 Å². The van der Waals surface area contributed by atoms with Crippen molar-refractivity contribution in [2.75, 3.05) is 0 Å². The monoisotopic (exact) mass is 529 g/mol. The Labute approximate surface area is 234 Å². The van der Waals surface area contributed by atoms with Crippen molar-refractivity contribution in [1.82, 2.24) is 14.5 Å². The van der Waals surface area contributed by atoms with E-state index < -0.39 is 8.07 Å². The van der Waals surface area contributed by atoms with E-state index in [-0.39, 0.29) is 0 Å². The Morgan fingerprint density at radius 3 is 2.02 bits per heavy atom. The topological polar surface area (TPSA) is 30.7 Å². The van der Waals surface area contributed by atoms with Gasteiger partial charge < -0.3 is 4.57 Å². The van der Waals surface area contributed by atoms with Crippen LogP contribution < -0.4 is 10.4 Å². The maximum absolute atomic E-state index is 5.33. The molecule has 1 aliphatic rings. The van der Waals surface area contributed by atoms with Crippen LogP contribution in [0.1, 0.15) is 0 Å². The highest BCUT2D eigenvalue weighted by molar-refractivity contribution is 7.04. The first-order chi connectivity index (χ1) is 19.6. The highest BCUT2D eigenvalue weighted by Gasteiger charge is 2.41. The Hall–Kier alpha value is -4.80. The summed E-state index contributed by atoms with van der Waals surface area (Å²) in [4.78, 5) is 10.6. The molecular formula is C36H27N3Si. The van der Waals surface area contributed by atoms with Crippen molar-refractivity contribution in [1.29, 1.82) is 0 Å². The standard InChI is InChI=1S/C36H27N3Si/c1-40(2)32-20-12-10-18-28(32)34-35(40)33(24-13-5-3-6-14-24)37-36(38-34)25-21-22-31-29(23-25)27-17-9-11-19-30(27)39(31)26-15-7-4-8-16-26/h3-23H,1-2H3. The first kappa shape index (κ1) is 23.1. The molecular weight excluding hydrogens is 503 g/mol. The molecule has 0 bridgehead atoms. The fraction of sp³-hybridized carbons (Fsp3) is 0.0556. The van der Waals surface area contributed by atoms with Crippen LogP contribution in [0, 0.1) is 0 Å². The molecule has 0 atom stereocenters. The number of hydrogen-bond acceptors (Lipinski definition) is 2. The van der Waals surface area contributed by atoms with Crippen LogP contribution in [0.2, 0.25) is 13.1 Å². The van der Waals surface area contributed by atoms with Crippen molar-refractivity contribution in [3.63, 3.8) is 0 Å². The summed E-state index contributed by atoms with van der Waals surface area (Å²) in [6.07, 6.45) is 0. The van der Waals surface area contributed by atoms with Crippen molar-refractivity contribution in [2.45, 2.75) is 13.1 Å². The van der Waals surface area contributed by atoms with E-state index in [9.17, 15) is 0 Å². The van der Waals surface area contributed by atoms with Crippen LogP contribution in [0.15, 0.2) is 127 Å². The lowest BCUT2D eigenvalue weighted by Crippen LogP contribution is -2.50. The van der Waals surface area contributed by atoms with Gasteiger partial charge in [0.15, 0.2) is 5.82 Å². The number of fused-ring (bicyclic) bond motifs is 6. The zero-order valence-corrected chi connectivity index (χ0v) is 23.5. The van der Waals surface area contributed by atoms with Gasteiger partial charge in [-0.3, -0.25) is 0 Å². The van der Waals surface area contributed by atoms with Crippen LogP contribution in [-0.2, 0) is 0 Å². The fourth-order valence-corrected chi connectivity index (χ4v) is 9.75. The molecule has 0 saturated carbocycles. The van der Waals surface area contributed by atoms with Crippen molar-refractivity contribution < 1.29 is 0 Å². The third-order valence-electron chi connectivity index (χ3n) is 8.38. The third-order valence-corrected chi connectivity index (χ3v) is 11.9. The van der Waals surface area contributed by atoms with E-state index in [1.165, 1.54) is 37.7 Å². The van der Waals surface area contributed by atoms with Gasteiger partial charge in [0, 0.05) is 27.6 Å². The third kappa shape index (κ3) is 3.29. The molecule has 8 rings (SSSR count). The second kappa shape index (κ2) is 8.60. The van der Waals surface area contributed by atoms with Gasteiger partial charge in [0.25, 0.3) is 0 Å². The SMILES string of the molecule is C[Si]1(C)c2ccccc2-c2nc(-c3ccc4c(c3)c3ccccc3n4-c3ccccc3)nc(-c3ccccc3)c21. The molecule has 0 radical (unpaired) electrons. The minimum absolute atomic E-state index is 0.776. The van der Waals surface area contributed by atoms with Crippen molar-refractivity contribution in [3.8, 4) is 39.6 Å². The molecule has 3 heterocycles. The Morgan fingerprint density at radius 1 is 0.550 bits per heavy atom. The number of nitrogens with zero attached hydrogens (tertiary/aromatic N) is 3. The number of hydrogen-bond donors (Lipinski definition) is 0. The van der Waals surface area contributed by atoms with Crippen molar-refractivity contribution >= 4 is 40.3 Å². The first-order valence-corrected chi connectivity index (χ1v) is 16.8. The molecule has 0 aliphatic carbocycles. The summed E-state index contributed by atoms with van der Waals surface area (Å²) in [6, 6.07) is 45.3. The molecule has 0 saturated heterocycles. The fourth-order valence-electron chi connectivity index (χ4n) is 6.52. The number of para-hydroxylation sites is 2. The maximum Gasteiger partial charge on any atom is 0.160 e. The van der Waals surface area contributed by atoms with Crippen LogP contribution in [0.25, 0.3) is 61.4 Å². The molecule has 0 N–H and O–H groups in total. The predicted molar refractivity (Wildman–Crippen MR) is 169 cm³/mol. The summed E-state index contributed by atoms with van der Waals surface area (Å²) in [5, 5.41) is 5.21. The van der Waals surface area contributed by atoms with Gasteiger partial charge in [-0.2, -0.15) is 0 Å². The predicted octanol–water partition coefficient (Wildman–Crippen LogP) is 7.71. The van der Waals surface area contributed by atoms with Gasteiger partial charge in [-0.1, -0.05) is 104 Å². The number of aromatic nitrogens is 3. The van der Waals surface area contributed by atoms with Gasteiger partial charge in [-0.25, -0.2) is 9.97 Å². The lowest BCUT2D eigenvalue weighted by molar-refractivity contribution is 1.18. The number of benzene rings is 5. The van der Waals surface area contributed by atoms with Crippen molar-refractivity contribution in [3.05, 3.63) is 127 Å². The Morgan fingerprint density at radius 2 is 1.20 bits per heavy atom.